The van der Waals surface area contributed by atoms with Crippen molar-refractivity contribution in [1.82, 2.24) is 10.2 Å². The van der Waals surface area contributed by atoms with Crippen LogP contribution in [-0.4, -0.2) is 38.2 Å². The van der Waals surface area contributed by atoms with Gasteiger partial charge >= 0.3 is 0 Å². The summed E-state index contributed by atoms with van der Waals surface area (Å²) in [6.45, 7) is 1.48. The highest BCUT2D eigenvalue weighted by molar-refractivity contribution is 7.90. The highest BCUT2D eigenvalue weighted by atomic mass is 32.2. The number of nitrogens with zero attached hydrogens (tertiary/aromatic N) is 2. The molecule has 4 rings (SSSR count). The quantitative estimate of drug-likeness (QED) is 0.885. The fourth-order valence-electron chi connectivity index (χ4n) is 3.43. The summed E-state index contributed by atoms with van der Waals surface area (Å²) < 4.78 is 33.7. The first-order valence-corrected chi connectivity index (χ1v) is 9.98. The lowest BCUT2D eigenvalue weighted by Gasteiger charge is -2.33. The number of nitrogens with one attached hydrogen (secondary N) is 1. The number of hydrogen-bond donors (Lipinski definition) is 1. The van der Waals surface area contributed by atoms with Crippen molar-refractivity contribution in [3.05, 3.63) is 54.0 Å². The maximum Gasteiger partial charge on any atom is 0.285 e. The van der Waals surface area contributed by atoms with E-state index in [4.69, 9.17) is 4.42 Å². The van der Waals surface area contributed by atoms with Crippen LogP contribution in [-0.2, 0) is 21.4 Å². The number of carbonyl (C=O) groups excluding carboxylic acids is 1. The molecular formula is C18H19N3O4S. The molecular weight excluding hydrogens is 354 g/mol. The highest BCUT2D eigenvalue weighted by Crippen LogP contribution is 2.29. The van der Waals surface area contributed by atoms with Gasteiger partial charge in [-0.1, -0.05) is 12.1 Å². The molecule has 8 heteroatoms. The Hall–Kier alpha value is -2.61. The second-order valence-corrected chi connectivity index (χ2v) is 8.04. The number of benzene rings is 1. The van der Waals surface area contributed by atoms with Crippen LogP contribution in [0.4, 0.5) is 0 Å². The number of hydrogen-bond acceptors (Lipinski definition) is 5. The van der Waals surface area contributed by atoms with Gasteiger partial charge in [0.05, 0.1) is 18.7 Å². The average Bonchev–Trinajstić information content (AvgIpc) is 3.26. The number of piperidine rings is 1. The summed E-state index contributed by atoms with van der Waals surface area (Å²) in [6, 6.07) is 10.4. The Morgan fingerprint density at radius 1 is 1.27 bits per heavy atom. The van der Waals surface area contributed by atoms with Gasteiger partial charge in [-0.15, -0.1) is 4.40 Å². The lowest BCUT2D eigenvalue weighted by atomic mass is 9.96. The molecule has 1 aromatic carbocycles. The Morgan fingerprint density at radius 2 is 2.12 bits per heavy atom. The number of rotatable bonds is 3. The second-order valence-electron chi connectivity index (χ2n) is 6.47. The normalized spacial score (nSPS) is 21.2. The van der Waals surface area contributed by atoms with Crippen LogP contribution in [0.15, 0.2) is 56.4 Å². The van der Waals surface area contributed by atoms with Crippen LogP contribution in [0.25, 0.3) is 0 Å². The highest BCUT2D eigenvalue weighted by Gasteiger charge is 2.35. The summed E-state index contributed by atoms with van der Waals surface area (Å²) in [5.41, 5.74) is 0.615. The molecule has 1 fully saturated rings. The number of likely N-dealkylation sites (tertiary alicyclic amines) is 1. The third kappa shape index (κ3) is 3.12. The zero-order valence-electron chi connectivity index (χ0n) is 14.1. The van der Waals surface area contributed by atoms with Gasteiger partial charge in [0.1, 0.15) is 10.7 Å². The molecule has 0 bridgehead atoms. The average molecular weight is 373 g/mol. The van der Waals surface area contributed by atoms with E-state index in [1.807, 2.05) is 11.0 Å². The van der Waals surface area contributed by atoms with Crippen LogP contribution < -0.4 is 5.32 Å². The number of carbonyl (C=O) groups is 1. The molecule has 2 aromatic rings. The van der Waals surface area contributed by atoms with E-state index < -0.39 is 10.0 Å². The van der Waals surface area contributed by atoms with Gasteiger partial charge < -0.3 is 14.6 Å². The Kier molecular flexibility index (Phi) is 4.28. The van der Waals surface area contributed by atoms with E-state index in [-0.39, 0.29) is 16.7 Å². The summed E-state index contributed by atoms with van der Waals surface area (Å²) >= 11 is 0. The van der Waals surface area contributed by atoms with Crippen molar-refractivity contribution >= 4 is 21.8 Å². The predicted octanol–water partition coefficient (Wildman–Crippen LogP) is 1.76. The van der Waals surface area contributed by atoms with Crippen molar-refractivity contribution in [2.75, 3.05) is 13.1 Å². The lowest BCUT2D eigenvalue weighted by Crippen LogP contribution is -2.45. The first-order valence-electron chi connectivity index (χ1n) is 8.54. The van der Waals surface area contributed by atoms with Gasteiger partial charge in [0, 0.05) is 18.7 Å². The summed E-state index contributed by atoms with van der Waals surface area (Å²) in [4.78, 5) is 14.6. The minimum Gasteiger partial charge on any atom is -0.467 e. The van der Waals surface area contributed by atoms with E-state index >= 15 is 0 Å². The van der Waals surface area contributed by atoms with Gasteiger partial charge in [-0.2, -0.15) is 8.42 Å². The van der Waals surface area contributed by atoms with Crippen molar-refractivity contribution in [2.24, 2.45) is 10.3 Å². The Morgan fingerprint density at radius 3 is 2.92 bits per heavy atom. The molecule has 0 aliphatic carbocycles. The summed E-state index contributed by atoms with van der Waals surface area (Å²) in [6.07, 6.45) is 3.14. The first kappa shape index (κ1) is 16.8. The SMILES string of the molecule is O=C(NCc1ccco1)C1CCCN(C2=NS(=O)(=O)c3ccccc32)C1. The number of furan rings is 1. The third-order valence-electron chi connectivity index (χ3n) is 4.72. The first-order chi connectivity index (χ1) is 12.5. The molecule has 0 spiro atoms. The molecule has 7 nitrogen and oxygen atoms in total. The lowest BCUT2D eigenvalue weighted by molar-refractivity contribution is -0.126. The van der Waals surface area contributed by atoms with E-state index in [1.54, 1.807) is 36.6 Å². The standard InChI is InChI=1S/C18H19N3O4S/c22-18(19-11-14-6-4-10-25-14)13-5-3-9-21(12-13)17-15-7-1-2-8-16(15)26(23,24)20-17/h1-2,4,6-8,10,13H,3,5,9,11-12H2,(H,19,22). The monoisotopic (exact) mass is 373 g/mol. The molecule has 3 heterocycles. The molecule has 136 valence electrons. The van der Waals surface area contributed by atoms with Crippen LogP contribution in [0.3, 0.4) is 0 Å². The zero-order valence-corrected chi connectivity index (χ0v) is 14.9. The molecule has 1 atom stereocenters. The van der Waals surface area contributed by atoms with E-state index in [0.717, 1.165) is 12.8 Å². The molecule has 2 aliphatic rings. The van der Waals surface area contributed by atoms with Gasteiger partial charge in [-0.25, -0.2) is 0 Å². The third-order valence-corrected chi connectivity index (χ3v) is 6.05. The van der Waals surface area contributed by atoms with Crippen molar-refractivity contribution < 1.29 is 17.6 Å². The molecule has 26 heavy (non-hydrogen) atoms. The van der Waals surface area contributed by atoms with E-state index in [0.29, 0.717) is 36.8 Å². The molecule has 2 aliphatic heterocycles. The zero-order chi connectivity index (χ0) is 18.1. The number of sulfonamides is 1. The Labute approximate surface area is 151 Å². The number of amides is 1. The second kappa shape index (κ2) is 6.60. The minimum absolute atomic E-state index is 0.0548. The van der Waals surface area contributed by atoms with Crippen molar-refractivity contribution in [3.63, 3.8) is 0 Å². The van der Waals surface area contributed by atoms with Gasteiger partial charge in [0.25, 0.3) is 10.0 Å². The number of amidine groups is 1. The topological polar surface area (TPSA) is 92.0 Å². The molecule has 0 radical (unpaired) electrons. The fraction of sp³-hybridized carbons (Fsp3) is 0.333. The minimum atomic E-state index is -3.65. The van der Waals surface area contributed by atoms with Crippen LogP contribution in [0, 0.1) is 5.92 Å². The molecule has 1 aromatic heterocycles. The summed E-state index contributed by atoms with van der Waals surface area (Å²) in [7, 11) is -3.65. The van der Waals surface area contributed by atoms with Crippen LogP contribution in [0.1, 0.15) is 24.2 Å². The van der Waals surface area contributed by atoms with Crippen LogP contribution >= 0.6 is 0 Å². The molecule has 1 unspecified atom stereocenters. The van der Waals surface area contributed by atoms with Gasteiger partial charge in [0.2, 0.25) is 5.91 Å². The molecule has 1 N–H and O–H groups in total. The summed E-state index contributed by atoms with van der Waals surface area (Å²) in [5.74, 6) is 0.882. The van der Waals surface area contributed by atoms with E-state index in [2.05, 4.69) is 9.71 Å². The van der Waals surface area contributed by atoms with Gasteiger partial charge in [0.15, 0.2) is 5.84 Å². The predicted molar refractivity (Wildman–Crippen MR) is 95.0 cm³/mol. The van der Waals surface area contributed by atoms with Crippen molar-refractivity contribution in [3.8, 4) is 0 Å². The molecule has 1 amide bonds. The van der Waals surface area contributed by atoms with Crippen molar-refractivity contribution in [1.29, 1.82) is 0 Å². The van der Waals surface area contributed by atoms with E-state index in [9.17, 15) is 13.2 Å². The largest absolute Gasteiger partial charge is 0.467 e. The van der Waals surface area contributed by atoms with Crippen LogP contribution in [0.2, 0.25) is 0 Å². The summed E-state index contributed by atoms with van der Waals surface area (Å²) in [5, 5.41) is 2.88. The smallest absolute Gasteiger partial charge is 0.285 e. The molecule has 1 saturated heterocycles. The van der Waals surface area contributed by atoms with Gasteiger partial charge in [-0.3, -0.25) is 4.79 Å². The maximum atomic E-state index is 12.5. The molecule has 0 saturated carbocycles. The van der Waals surface area contributed by atoms with Gasteiger partial charge in [-0.05, 0) is 37.1 Å². The Bertz CT molecular complexity index is 951. The van der Waals surface area contributed by atoms with Crippen molar-refractivity contribution in [2.45, 2.75) is 24.3 Å². The maximum absolute atomic E-state index is 12.5. The number of fused-ring (bicyclic) bond motifs is 1. The Balaban J connectivity index is 1.48. The van der Waals surface area contributed by atoms with E-state index in [1.165, 1.54) is 0 Å². The van der Waals surface area contributed by atoms with Crippen LogP contribution in [0.5, 0.6) is 0 Å². The fourth-order valence-corrected chi connectivity index (χ4v) is 4.66.